The lowest BCUT2D eigenvalue weighted by atomic mass is 10.2. The summed E-state index contributed by atoms with van der Waals surface area (Å²) >= 11 is 0. The first-order valence-corrected chi connectivity index (χ1v) is 7.79. The van der Waals surface area contributed by atoms with Crippen molar-refractivity contribution in [3.63, 3.8) is 0 Å². The maximum Gasteiger partial charge on any atom is 0.175 e. The summed E-state index contributed by atoms with van der Waals surface area (Å²) < 4.78 is 24.7. The lowest BCUT2D eigenvalue weighted by Gasteiger charge is -2.02. The largest absolute Gasteiger partial charge is 0.318 e. The number of aryl methyl sites for hydroxylation is 1. The van der Waals surface area contributed by atoms with Crippen LogP contribution in [0.2, 0.25) is 0 Å². The molecule has 0 spiro atoms. The predicted octanol–water partition coefficient (Wildman–Crippen LogP) is 1.43. The molecule has 0 unspecified atom stereocenters. The van der Waals surface area contributed by atoms with Crippen molar-refractivity contribution < 1.29 is 8.42 Å². The van der Waals surface area contributed by atoms with Gasteiger partial charge in [0.2, 0.25) is 0 Å². The van der Waals surface area contributed by atoms with E-state index in [0.29, 0.717) is 5.82 Å². The van der Waals surface area contributed by atoms with Crippen LogP contribution in [0.15, 0.2) is 41.7 Å². The average molecular weight is 288 g/mol. The van der Waals surface area contributed by atoms with Gasteiger partial charge >= 0.3 is 0 Å². The number of aromatic nitrogens is 4. The molecule has 0 atom stereocenters. The van der Waals surface area contributed by atoms with Crippen LogP contribution in [0.5, 0.6) is 0 Å². The molecule has 7 heteroatoms. The quantitative estimate of drug-likeness (QED) is 0.713. The molecule has 20 heavy (non-hydrogen) atoms. The van der Waals surface area contributed by atoms with Gasteiger partial charge in [-0.3, -0.25) is 0 Å². The Kier molecular flexibility index (Phi) is 2.79. The number of sulfone groups is 1. The Morgan fingerprint density at radius 1 is 1.10 bits per heavy atom. The van der Waals surface area contributed by atoms with E-state index in [1.165, 1.54) is 6.26 Å². The van der Waals surface area contributed by atoms with Crippen LogP contribution in [0, 0.1) is 0 Å². The zero-order chi connectivity index (χ0) is 14.3. The highest BCUT2D eigenvalue weighted by Crippen LogP contribution is 2.19. The smallest absolute Gasteiger partial charge is 0.175 e. The number of hydrogen-bond acceptors (Lipinski definition) is 5. The van der Waals surface area contributed by atoms with Gasteiger partial charge < -0.3 is 4.57 Å². The van der Waals surface area contributed by atoms with Crippen molar-refractivity contribution in [2.45, 2.75) is 4.90 Å². The van der Waals surface area contributed by atoms with E-state index in [2.05, 4.69) is 15.0 Å². The van der Waals surface area contributed by atoms with Crippen molar-refractivity contribution in [1.82, 2.24) is 19.5 Å². The van der Waals surface area contributed by atoms with Gasteiger partial charge in [-0.15, -0.1) is 0 Å². The van der Waals surface area contributed by atoms with Crippen LogP contribution in [0.1, 0.15) is 0 Å². The highest BCUT2D eigenvalue weighted by molar-refractivity contribution is 7.90. The molecule has 2 aromatic heterocycles. The average Bonchev–Trinajstić information content (AvgIpc) is 2.79. The zero-order valence-corrected chi connectivity index (χ0v) is 11.8. The van der Waals surface area contributed by atoms with Gasteiger partial charge in [-0.25, -0.2) is 23.4 Å². The molecule has 0 fully saturated rings. The summed E-state index contributed by atoms with van der Waals surface area (Å²) in [6, 6.07) is 6.52. The van der Waals surface area contributed by atoms with Gasteiger partial charge in [-0.05, 0) is 24.3 Å². The third kappa shape index (κ3) is 2.16. The minimum atomic E-state index is -3.19. The second-order valence-corrected chi connectivity index (χ2v) is 6.57. The Morgan fingerprint density at radius 3 is 2.45 bits per heavy atom. The summed E-state index contributed by atoms with van der Waals surface area (Å²) in [6.45, 7) is 0. The molecule has 102 valence electrons. The fraction of sp³-hybridized carbons (Fsp3) is 0.154. The van der Waals surface area contributed by atoms with E-state index in [1.807, 2.05) is 11.6 Å². The molecule has 0 aliphatic carbocycles. The number of rotatable bonds is 2. The number of nitrogens with zero attached hydrogens (tertiary/aromatic N) is 4. The summed E-state index contributed by atoms with van der Waals surface area (Å²) in [4.78, 5) is 13.1. The molecule has 0 aliphatic heterocycles. The van der Waals surface area contributed by atoms with Crippen LogP contribution < -0.4 is 0 Å². The maximum absolute atomic E-state index is 11.4. The topological polar surface area (TPSA) is 77.7 Å². The first-order valence-electron chi connectivity index (χ1n) is 5.90. The minimum Gasteiger partial charge on any atom is -0.318 e. The van der Waals surface area contributed by atoms with Gasteiger partial charge in [0, 0.05) is 18.9 Å². The molecule has 3 aromatic rings. The summed E-state index contributed by atoms with van der Waals surface area (Å²) in [5.74, 6) is 0.543. The van der Waals surface area contributed by atoms with Crippen molar-refractivity contribution in [3.05, 3.63) is 36.8 Å². The molecule has 1 aromatic carbocycles. The second kappa shape index (κ2) is 4.38. The van der Waals surface area contributed by atoms with Crippen LogP contribution in [0.3, 0.4) is 0 Å². The third-order valence-corrected chi connectivity index (χ3v) is 4.12. The van der Waals surface area contributed by atoms with Gasteiger partial charge in [0.1, 0.15) is 5.52 Å². The first kappa shape index (κ1) is 12.7. The van der Waals surface area contributed by atoms with E-state index in [4.69, 9.17) is 0 Å². The Balaban J connectivity index is 2.08. The maximum atomic E-state index is 11.4. The SMILES string of the molecule is Cn1cnc2cnc(-c3ccc(S(C)(=O)=O)cc3)nc21. The number of imidazole rings is 1. The summed E-state index contributed by atoms with van der Waals surface area (Å²) in [5.41, 5.74) is 2.23. The second-order valence-electron chi connectivity index (χ2n) is 4.55. The van der Waals surface area contributed by atoms with E-state index in [-0.39, 0.29) is 4.90 Å². The van der Waals surface area contributed by atoms with Gasteiger partial charge in [-0.2, -0.15) is 0 Å². The highest BCUT2D eigenvalue weighted by atomic mass is 32.2. The molecular weight excluding hydrogens is 276 g/mol. The molecule has 0 saturated heterocycles. The van der Waals surface area contributed by atoms with Crippen LogP contribution in [0.25, 0.3) is 22.6 Å². The highest BCUT2D eigenvalue weighted by Gasteiger charge is 2.09. The molecular formula is C13H12N4O2S. The van der Waals surface area contributed by atoms with Crippen LogP contribution in [0.4, 0.5) is 0 Å². The van der Waals surface area contributed by atoms with Crippen molar-refractivity contribution >= 4 is 21.0 Å². The molecule has 0 amide bonds. The molecule has 0 bridgehead atoms. The summed E-state index contributed by atoms with van der Waals surface area (Å²) in [5, 5.41) is 0. The first-order chi connectivity index (χ1) is 9.45. The summed E-state index contributed by atoms with van der Waals surface area (Å²) in [7, 11) is -1.33. The number of hydrogen-bond donors (Lipinski definition) is 0. The Bertz CT molecular complexity index is 882. The Hall–Kier alpha value is -2.28. The Morgan fingerprint density at radius 2 is 1.80 bits per heavy atom. The predicted molar refractivity (Wildman–Crippen MR) is 74.8 cm³/mol. The minimum absolute atomic E-state index is 0.280. The van der Waals surface area contributed by atoms with E-state index < -0.39 is 9.84 Å². The van der Waals surface area contributed by atoms with Crippen molar-refractivity contribution in [2.75, 3.05) is 6.26 Å². The number of benzene rings is 1. The molecule has 3 rings (SSSR count). The van der Waals surface area contributed by atoms with Gasteiger partial charge in [0.15, 0.2) is 21.3 Å². The fourth-order valence-corrected chi connectivity index (χ4v) is 2.54. The van der Waals surface area contributed by atoms with E-state index >= 15 is 0 Å². The lowest BCUT2D eigenvalue weighted by Crippen LogP contribution is -1.97. The third-order valence-electron chi connectivity index (χ3n) is 2.99. The van der Waals surface area contributed by atoms with Gasteiger partial charge in [0.25, 0.3) is 0 Å². The van der Waals surface area contributed by atoms with E-state index in [9.17, 15) is 8.42 Å². The summed E-state index contributed by atoms with van der Waals surface area (Å²) in [6.07, 6.45) is 4.51. The lowest BCUT2D eigenvalue weighted by molar-refractivity contribution is 0.602. The van der Waals surface area contributed by atoms with E-state index in [0.717, 1.165) is 16.7 Å². The Labute approximate surface area is 116 Å². The van der Waals surface area contributed by atoms with Crippen molar-refractivity contribution in [2.24, 2.45) is 7.05 Å². The van der Waals surface area contributed by atoms with Gasteiger partial charge in [-0.1, -0.05) is 0 Å². The molecule has 0 aliphatic rings. The molecule has 0 saturated carbocycles. The van der Waals surface area contributed by atoms with Crippen molar-refractivity contribution in [1.29, 1.82) is 0 Å². The van der Waals surface area contributed by atoms with Crippen LogP contribution in [-0.4, -0.2) is 34.2 Å². The molecule has 6 nitrogen and oxygen atoms in total. The monoisotopic (exact) mass is 288 g/mol. The normalized spacial score (nSPS) is 11.9. The molecule has 2 heterocycles. The van der Waals surface area contributed by atoms with Gasteiger partial charge in [0.05, 0.1) is 17.4 Å². The van der Waals surface area contributed by atoms with Crippen LogP contribution in [-0.2, 0) is 16.9 Å². The standard InChI is InChI=1S/C13H12N4O2S/c1-17-8-15-11-7-14-12(16-13(11)17)9-3-5-10(6-4-9)20(2,18)19/h3-8H,1-2H3. The number of fused-ring (bicyclic) bond motifs is 1. The van der Waals surface area contributed by atoms with E-state index in [1.54, 1.807) is 36.8 Å². The van der Waals surface area contributed by atoms with Crippen LogP contribution >= 0.6 is 0 Å². The fourth-order valence-electron chi connectivity index (χ4n) is 1.91. The zero-order valence-electron chi connectivity index (χ0n) is 11.0. The van der Waals surface area contributed by atoms with Crippen molar-refractivity contribution in [3.8, 4) is 11.4 Å². The molecule has 0 radical (unpaired) electrons. The molecule has 0 N–H and O–H groups in total.